The fourth-order valence-electron chi connectivity index (χ4n) is 2.57. The van der Waals surface area contributed by atoms with Crippen molar-refractivity contribution in [2.45, 2.75) is 0 Å². The molecule has 1 aromatic heterocycles. The van der Waals surface area contributed by atoms with E-state index in [4.69, 9.17) is 9.47 Å². The molecule has 0 saturated carbocycles. The highest BCUT2D eigenvalue weighted by atomic mass is 16.5. The van der Waals surface area contributed by atoms with Gasteiger partial charge in [-0.05, 0) is 42.0 Å². The summed E-state index contributed by atoms with van der Waals surface area (Å²) in [5.41, 5.74) is 4.23. The molecule has 0 aliphatic heterocycles. The van der Waals surface area contributed by atoms with Gasteiger partial charge in [0.05, 0.1) is 25.4 Å². The van der Waals surface area contributed by atoms with Crippen LogP contribution in [0.2, 0.25) is 0 Å². The van der Waals surface area contributed by atoms with E-state index in [0.29, 0.717) is 0 Å². The Morgan fingerprint density at radius 3 is 2.27 bits per heavy atom. The number of aromatic nitrogens is 1. The summed E-state index contributed by atoms with van der Waals surface area (Å²) >= 11 is 0. The number of H-pyrrole nitrogens is 1. The Bertz CT molecular complexity index is 817. The van der Waals surface area contributed by atoms with Crippen molar-refractivity contribution in [2.75, 3.05) is 21.3 Å². The predicted octanol–water partition coefficient (Wildman–Crippen LogP) is 3.90. The largest absolute Gasteiger partial charge is 0.497 e. The van der Waals surface area contributed by atoms with Gasteiger partial charge in [0.2, 0.25) is 0 Å². The highest BCUT2D eigenvalue weighted by molar-refractivity contribution is 6.06. The third-order valence-electron chi connectivity index (χ3n) is 3.68. The average molecular weight is 294 g/mol. The number of benzene rings is 2. The van der Waals surface area contributed by atoms with Gasteiger partial charge in [0.25, 0.3) is 0 Å². The van der Waals surface area contributed by atoms with Gasteiger partial charge < -0.3 is 14.5 Å². The monoisotopic (exact) mass is 294 g/mol. The Morgan fingerprint density at radius 2 is 1.64 bits per heavy atom. The van der Waals surface area contributed by atoms with Gasteiger partial charge in [0, 0.05) is 30.3 Å². The lowest BCUT2D eigenvalue weighted by Crippen LogP contribution is -1.87. The molecule has 0 atom stereocenters. The van der Waals surface area contributed by atoms with Gasteiger partial charge in [0.1, 0.15) is 11.5 Å². The van der Waals surface area contributed by atoms with Gasteiger partial charge in [0.15, 0.2) is 0 Å². The lowest BCUT2D eigenvalue weighted by Gasteiger charge is -2.03. The first-order chi connectivity index (χ1) is 10.8. The number of fused-ring (bicyclic) bond motifs is 1. The molecular formula is C18H18N2O2. The Labute approximate surface area is 129 Å². The smallest absolute Gasteiger partial charge is 0.120 e. The molecule has 1 N–H and O–H groups in total. The minimum absolute atomic E-state index is 0.829. The van der Waals surface area contributed by atoms with E-state index in [1.807, 2.05) is 42.6 Å². The first kappa shape index (κ1) is 14.2. The summed E-state index contributed by atoms with van der Waals surface area (Å²) in [4.78, 5) is 7.66. The molecule has 0 saturated heterocycles. The molecule has 4 heteroatoms. The zero-order valence-electron chi connectivity index (χ0n) is 12.9. The number of hydrogen-bond acceptors (Lipinski definition) is 3. The minimum atomic E-state index is 0.829. The molecule has 0 fully saturated rings. The Kier molecular flexibility index (Phi) is 3.83. The second-order valence-corrected chi connectivity index (χ2v) is 4.94. The van der Waals surface area contributed by atoms with Crippen LogP contribution in [0, 0.1) is 0 Å². The summed E-state index contributed by atoms with van der Waals surface area (Å²) in [7, 11) is 5.11. The number of rotatable bonds is 4. The van der Waals surface area contributed by atoms with E-state index in [0.717, 1.165) is 39.2 Å². The standard InChI is InChI=1S/C18H18N2O2/c1-19-11-16-15-9-8-14(22-3)10-17(15)20-18(16)12-4-6-13(21-2)7-5-12/h4-11,20H,1-3H3. The predicted molar refractivity (Wildman–Crippen MR) is 90.4 cm³/mol. The van der Waals surface area contributed by atoms with Crippen molar-refractivity contribution in [3.05, 3.63) is 48.0 Å². The summed E-state index contributed by atoms with van der Waals surface area (Å²) in [5, 5.41) is 1.12. The maximum absolute atomic E-state index is 5.30. The third kappa shape index (κ3) is 2.44. The van der Waals surface area contributed by atoms with Crippen molar-refractivity contribution in [3.8, 4) is 22.8 Å². The average Bonchev–Trinajstić information content (AvgIpc) is 2.93. The van der Waals surface area contributed by atoms with Crippen LogP contribution in [0.25, 0.3) is 22.2 Å². The van der Waals surface area contributed by atoms with Crippen molar-refractivity contribution in [1.29, 1.82) is 0 Å². The van der Waals surface area contributed by atoms with Crippen molar-refractivity contribution in [1.82, 2.24) is 4.98 Å². The molecule has 0 bridgehead atoms. The van der Waals surface area contributed by atoms with Crippen molar-refractivity contribution >= 4 is 17.1 Å². The van der Waals surface area contributed by atoms with Crippen LogP contribution in [-0.2, 0) is 0 Å². The first-order valence-corrected chi connectivity index (χ1v) is 7.03. The van der Waals surface area contributed by atoms with Crippen molar-refractivity contribution in [3.63, 3.8) is 0 Å². The van der Waals surface area contributed by atoms with Crippen LogP contribution < -0.4 is 9.47 Å². The Balaban J connectivity index is 2.20. The van der Waals surface area contributed by atoms with Crippen molar-refractivity contribution in [2.24, 2.45) is 4.99 Å². The molecule has 1 heterocycles. The minimum Gasteiger partial charge on any atom is -0.497 e. The third-order valence-corrected chi connectivity index (χ3v) is 3.68. The summed E-state index contributed by atoms with van der Waals surface area (Å²) in [6, 6.07) is 14.0. The van der Waals surface area contributed by atoms with Gasteiger partial charge in [-0.15, -0.1) is 0 Å². The second-order valence-electron chi connectivity index (χ2n) is 4.94. The second kappa shape index (κ2) is 5.93. The number of aliphatic imine (C=N–C) groups is 1. The fraction of sp³-hybridized carbons (Fsp3) is 0.167. The van der Waals surface area contributed by atoms with Gasteiger partial charge in [-0.2, -0.15) is 0 Å². The molecule has 0 spiro atoms. The van der Waals surface area contributed by atoms with Gasteiger partial charge in [-0.25, -0.2) is 0 Å². The molecule has 3 rings (SSSR count). The lowest BCUT2D eigenvalue weighted by atomic mass is 10.1. The zero-order chi connectivity index (χ0) is 15.5. The maximum atomic E-state index is 5.30. The highest BCUT2D eigenvalue weighted by Gasteiger charge is 2.12. The van der Waals surface area contributed by atoms with E-state index in [2.05, 4.69) is 16.0 Å². The van der Waals surface area contributed by atoms with E-state index in [1.54, 1.807) is 21.3 Å². The summed E-state index contributed by atoms with van der Waals surface area (Å²) in [6.45, 7) is 0. The van der Waals surface area contributed by atoms with Crippen LogP contribution >= 0.6 is 0 Å². The maximum Gasteiger partial charge on any atom is 0.120 e. The molecule has 0 aliphatic carbocycles. The van der Waals surface area contributed by atoms with E-state index >= 15 is 0 Å². The molecule has 3 aromatic rings. The number of methoxy groups -OCH3 is 2. The Hall–Kier alpha value is -2.75. The van der Waals surface area contributed by atoms with Crippen LogP contribution in [0.15, 0.2) is 47.5 Å². The van der Waals surface area contributed by atoms with Crippen LogP contribution in [0.4, 0.5) is 0 Å². The molecule has 0 unspecified atom stereocenters. The topological polar surface area (TPSA) is 46.6 Å². The molecule has 112 valence electrons. The van der Waals surface area contributed by atoms with E-state index < -0.39 is 0 Å². The van der Waals surface area contributed by atoms with Crippen LogP contribution in [0.5, 0.6) is 11.5 Å². The molecule has 0 aliphatic rings. The molecule has 4 nitrogen and oxygen atoms in total. The number of aromatic amines is 1. The van der Waals surface area contributed by atoms with Crippen LogP contribution in [0.1, 0.15) is 5.56 Å². The molecule has 0 radical (unpaired) electrons. The quantitative estimate of drug-likeness (QED) is 0.742. The molecule has 0 amide bonds. The van der Waals surface area contributed by atoms with Gasteiger partial charge in [-0.1, -0.05) is 0 Å². The van der Waals surface area contributed by atoms with E-state index in [-0.39, 0.29) is 0 Å². The number of hydrogen-bond donors (Lipinski definition) is 1. The normalized spacial score (nSPS) is 11.2. The van der Waals surface area contributed by atoms with Crippen LogP contribution in [0.3, 0.4) is 0 Å². The number of ether oxygens (including phenoxy) is 2. The summed E-state index contributed by atoms with van der Waals surface area (Å²) in [5.74, 6) is 1.67. The first-order valence-electron chi connectivity index (χ1n) is 7.03. The van der Waals surface area contributed by atoms with E-state index in [9.17, 15) is 0 Å². The lowest BCUT2D eigenvalue weighted by molar-refractivity contribution is 0.415. The van der Waals surface area contributed by atoms with Crippen molar-refractivity contribution < 1.29 is 9.47 Å². The van der Waals surface area contributed by atoms with E-state index in [1.165, 1.54) is 0 Å². The summed E-state index contributed by atoms with van der Waals surface area (Å²) < 4.78 is 10.5. The SMILES string of the molecule is CN=Cc1c(-c2ccc(OC)cc2)[nH]c2cc(OC)ccc12. The summed E-state index contributed by atoms with van der Waals surface area (Å²) in [6.07, 6.45) is 1.88. The zero-order valence-corrected chi connectivity index (χ0v) is 12.9. The Morgan fingerprint density at radius 1 is 0.955 bits per heavy atom. The number of nitrogens with one attached hydrogen (secondary N) is 1. The molecular weight excluding hydrogens is 276 g/mol. The van der Waals surface area contributed by atoms with Crippen LogP contribution in [-0.4, -0.2) is 32.5 Å². The highest BCUT2D eigenvalue weighted by Crippen LogP contribution is 2.32. The van der Waals surface area contributed by atoms with Gasteiger partial charge in [-0.3, -0.25) is 4.99 Å². The molecule has 2 aromatic carbocycles. The number of nitrogens with zero attached hydrogens (tertiary/aromatic N) is 1. The van der Waals surface area contributed by atoms with Gasteiger partial charge >= 0.3 is 0 Å². The fourth-order valence-corrected chi connectivity index (χ4v) is 2.57. The molecule has 22 heavy (non-hydrogen) atoms.